The highest BCUT2D eigenvalue weighted by Crippen LogP contribution is 2.35. The summed E-state index contributed by atoms with van der Waals surface area (Å²) in [6.07, 6.45) is 0.991. The largest absolute Gasteiger partial charge is 0.460 e. The van der Waals surface area contributed by atoms with E-state index in [1.54, 1.807) is 0 Å². The number of carbonyl (C=O) groups is 1. The van der Waals surface area contributed by atoms with Crippen LogP contribution in [-0.2, 0) is 18.9 Å². The first kappa shape index (κ1) is 25.4. The van der Waals surface area contributed by atoms with Crippen molar-refractivity contribution in [2.45, 2.75) is 46.6 Å². The molecule has 0 saturated heterocycles. The van der Waals surface area contributed by atoms with Gasteiger partial charge in [-0.25, -0.2) is 4.79 Å². The van der Waals surface area contributed by atoms with Gasteiger partial charge in [0.25, 0.3) is 0 Å². The van der Waals surface area contributed by atoms with Crippen LogP contribution in [0.2, 0.25) is 0 Å². The molecule has 0 unspecified atom stereocenters. The Morgan fingerprint density at radius 2 is 1.34 bits per heavy atom. The van der Waals surface area contributed by atoms with E-state index in [1.807, 2.05) is 26.0 Å². The molecule has 0 atom stereocenters. The van der Waals surface area contributed by atoms with Crippen LogP contribution in [-0.4, -0.2) is 44.8 Å². The molecule has 0 fully saturated rings. The molecule has 4 rings (SSSR count). The summed E-state index contributed by atoms with van der Waals surface area (Å²) in [5.74, 6) is -0.353. The summed E-state index contributed by atoms with van der Waals surface area (Å²) < 4.78 is 22.5. The van der Waals surface area contributed by atoms with Crippen molar-refractivity contribution in [3.05, 3.63) is 60.2 Å². The average Bonchev–Trinajstić information content (AvgIpc) is 2.80. The summed E-state index contributed by atoms with van der Waals surface area (Å²) in [4.78, 5) is 12.7. The number of hydrogen-bond donors (Lipinski definition) is 0. The predicted molar refractivity (Wildman–Crippen MR) is 141 cm³/mol. The molecular formula is C30H36O5. The van der Waals surface area contributed by atoms with Crippen molar-refractivity contribution in [2.75, 3.05) is 33.2 Å². The Balaban J connectivity index is 1.23. The van der Waals surface area contributed by atoms with Gasteiger partial charge in [-0.1, -0.05) is 63.2 Å². The zero-order chi connectivity index (χ0) is 25.1. The molecule has 0 aliphatic rings. The fraction of sp³-hybridized carbons (Fsp3) is 0.433. The van der Waals surface area contributed by atoms with Crippen molar-refractivity contribution < 1.29 is 23.7 Å². The van der Waals surface area contributed by atoms with Gasteiger partial charge in [-0.15, -0.1) is 0 Å². The average molecular weight is 477 g/mol. The maximum Gasteiger partial charge on any atom is 0.338 e. The molecular weight excluding hydrogens is 440 g/mol. The van der Waals surface area contributed by atoms with Crippen LogP contribution in [0.25, 0.3) is 32.3 Å². The zero-order valence-electron chi connectivity index (χ0n) is 21.5. The second-order valence-corrected chi connectivity index (χ2v) is 10.9. The van der Waals surface area contributed by atoms with E-state index >= 15 is 0 Å². The van der Waals surface area contributed by atoms with Gasteiger partial charge in [-0.3, -0.25) is 0 Å². The lowest BCUT2D eigenvalue weighted by molar-refractivity contribution is -0.129. The maximum atomic E-state index is 12.7. The van der Waals surface area contributed by atoms with Crippen LogP contribution in [0, 0.1) is 5.41 Å². The Morgan fingerprint density at radius 3 is 1.97 bits per heavy atom. The Hall–Kier alpha value is -2.73. The highest BCUT2D eigenvalue weighted by Gasteiger charge is 2.20. The maximum absolute atomic E-state index is 12.7. The molecule has 0 aliphatic heterocycles. The van der Waals surface area contributed by atoms with Gasteiger partial charge >= 0.3 is 5.97 Å². The summed E-state index contributed by atoms with van der Waals surface area (Å²) in [6.45, 7) is 12.3. The molecule has 0 spiro atoms. The van der Waals surface area contributed by atoms with E-state index in [2.05, 4.69) is 63.2 Å². The van der Waals surface area contributed by atoms with E-state index in [4.69, 9.17) is 18.9 Å². The fourth-order valence-corrected chi connectivity index (χ4v) is 4.23. The molecule has 0 N–H and O–H groups in total. The minimum Gasteiger partial charge on any atom is -0.460 e. The van der Waals surface area contributed by atoms with Crippen LogP contribution in [0.15, 0.2) is 54.6 Å². The van der Waals surface area contributed by atoms with Crippen LogP contribution in [0.5, 0.6) is 0 Å². The molecule has 35 heavy (non-hydrogen) atoms. The molecule has 5 nitrogen and oxygen atoms in total. The van der Waals surface area contributed by atoms with Gasteiger partial charge < -0.3 is 18.9 Å². The van der Waals surface area contributed by atoms with Gasteiger partial charge in [0.2, 0.25) is 0 Å². The van der Waals surface area contributed by atoms with E-state index in [9.17, 15) is 4.79 Å². The van der Waals surface area contributed by atoms with E-state index in [0.717, 1.165) is 17.2 Å². The minimum atomic E-state index is -0.377. The van der Waals surface area contributed by atoms with Gasteiger partial charge in [0.15, 0.2) is 0 Å². The molecule has 0 saturated carbocycles. The molecule has 0 heterocycles. The molecule has 5 heteroatoms. The third-order valence-electron chi connectivity index (χ3n) is 6.12. The van der Waals surface area contributed by atoms with E-state index in [0.29, 0.717) is 18.8 Å². The second kappa shape index (κ2) is 10.5. The van der Waals surface area contributed by atoms with Crippen LogP contribution in [0.3, 0.4) is 0 Å². The quantitative estimate of drug-likeness (QED) is 0.101. The van der Waals surface area contributed by atoms with Gasteiger partial charge in [-0.05, 0) is 70.1 Å². The monoisotopic (exact) mass is 476 g/mol. The van der Waals surface area contributed by atoms with Crippen LogP contribution < -0.4 is 0 Å². The lowest BCUT2D eigenvalue weighted by Crippen LogP contribution is -2.32. The standard InChI is InChI=1S/C30H36O5/c1-29(2,3)13-14-35-30(4,5)19-33-20-32-15-16-34-28(31)25-17-23-11-9-21-7-6-8-22-10-12-24(18-25)27(23)26(21)22/h6-12,17-18H,13-16,19-20H2,1-5H3. The zero-order valence-corrected chi connectivity index (χ0v) is 21.5. The molecule has 186 valence electrons. The molecule has 0 radical (unpaired) electrons. The van der Waals surface area contributed by atoms with E-state index < -0.39 is 0 Å². The number of carbonyl (C=O) groups excluding carboxylic acids is 1. The smallest absolute Gasteiger partial charge is 0.338 e. The summed E-state index contributed by atoms with van der Waals surface area (Å²) in [5.41, 5.74) is 0.412. The van der Waals surface area contributed by atoms with E-state index in [1.165, 1.54) is 21.5 Å². The highest BCUT2D eigenvalue weighted by molar-refractivity contribution is 6.23. The first-order chi connectivity index (χ1) is 16.6. The van der Waals surface area contributed by atoms with Gasteiger partial charge in [0, 0.05) is 6.61 Å². The van der Waals surface area contributed by atoms with Crippen molar-refractivity contribution in [1.82, 2.24) is 0 Å². The number of rotatable bonds is 11. The number of hydrogen-bond acceptors (Lipinski definition) is 5. The SMILES string of the molecule is CC(C)(C)CCOC(C)(C)COCOCCOC(=O)c1cc2ccc3cccc4ccc(c1)c2c34. The topological polar surface area (TPSA) is 54.0 Å². The van der Waals surface area contributed by atoms with Gasteiger partial charge in [0.05, 0.1) is 24.4 Å². The Morgan fingerprint density at radius 1 is 0.743 bits per heavy atom. The van der Waals surface area contributed by atoms with Crippen molar-refractivity contribution in [3.8, 4) is 0 Å². The molecule has 0 aromatic heterocycles. The van der Waals surface area contributed by atoms with Crippen molar-refractivity contribution in [1.29, 1.82) is 0 Å². The number of ether oxygens (including phenoxy) is 4. The fourth-order valence-electron chi connectivity index (χ4n) is 4.23. The normalized spacial score (nSPS) is 12.7. The lowest BCUT2D eigenvalue weighted by Gasteiger charge is -2.27. The van der Waals surface area contributed by atoms with E-state index in [-0.39, 0.29) is 37.0 Å². The molecule has 4 aromatic carbocycles. The third-order valence-corrected chi connectivity index (χ3v) is 6.12. The molecule has 0 aliphatic carbocycles. The molecule has 4 aromatic rings. The van der Waals surface area contributed by atoms with Gasteiger partial charge in [0.1, 0.15) is 13.4 Å². The van der Waals surface area contributed by atoms with Crippen LogP contribution >= 0.6 is 0 Å². The first-order valence-corrected chi connectivity index (χ1v) is 12.3. The van der Waals surface area contributed by atoms with Crippen molar-refractivity contribution >= 4 is 38.3 Å². The Bertz CT molecular complexity index is 1220. The summed E-state index contributed by atoms with van der Waals surface area (Å²) in [5, 5.41) is 6.90. The van der Waals surface area contributed by atoms with Gasteiger partial charge in [-0.2, -0.15) is 0 Å². The summed E-state index contributed by atoms with van der Waals surface area (Å²) in [6, 6.07) is 18.5. The first-order valence-electron chi connectivity index (χ1n) is 12.3. The summed E-state index contributed by atoms with van der Waals surface area (Å²) >= 11 is 0. The van der Waals surface area contributed by atoms with Crippen molar-refractivity contribution in [3.63, 3.8) is 0 Å². The van der Waals surface area contributed by atoms with Crippen LogP contribution in [0.1, 0.15) is 51.4 Å². The lowest BCUT2D eigenvalue weighted by atomic mass is 9.93. The minimum absolute atomic E-state index is 0.129. The Labute approximate surface area is 207 Å². The molecule has 0 amide bonds. The highest BCUT2D eigenvalue weighted by atomic mass is 16.7. The number of benzene rings is 4. The Kier molecular flexibility index (Phi) is 7.60. The predicted octanol–water partition coefficient (Wildman–Crippen LogP) is 6.96. The second-order valence-electron chi connectivity index (χ2n) is 10.9. The molecule has 0 bridgehead atoms. The number of esters is 1. The van der Waals surface area contributed by atoms with Crippen molar-refractivity contribution in [2.24, 2.45) is 5.41 Å². The third kappa shape index (κ3) is 6.49. The summed E-state index contributed by atoms with van der Waals surface area (Å²) in [7, 11) is 0. The van der Waals surface area contributed by atoms with Crippen LogP contribution in [0.4, 0.5) is 0 Å².